The van der Waals surface area contributed by atoms with Crippen molar-refractivity contribution in [2.75, 3.05) is 13.1 Å². The number of carbonyl (C=O) groups is 1. The van der Waals surface area contributed by atoms with Crippen molar-refractivity contribution >= 4 is 5.78 Å². The van der Waals surface area contributed by atoms with Crippen LogP contribution in [0.1, 0.15) is 33.6 Å². The molecular formula is C11H19NO. The molecule has 1 atom stereocenters. The van der Waals surface area contributed by atoms with Gasteiger partial charge in [0.1, 0.15) is 5.78 Å². The SMILES string of the molecule is CC#CCCC(=O)C(C)CNCC. The second kappa shape index (κ2) is 7.82. The molecule has 0 aliphatic carbocycles. The molecule has 13 heavy (non-hydrogen) atoms. The Bertz CT molecular complexity index is 200. The summed E-state index contributed by atoms with van der Waals surface area (Å²) in [6.45, 7) is 7.51. The molecule has 2 nitrogen and oxygen atoms in total. The van der Waals surface area contributed by atoms with Crippen LogP contribution in [0.15, 0.2) is 0 Å². The minimum Gasteiger partial charge on any atom is -0.316 e. The van der Waals surface area contributed by atoms with Crippen molar-refractivity contribution in [2.24, 2.45) is 5.92 Å². The van der Waals surface area contributed by atoms with Gasteiger partial charge in [0.2, 0.25) is 0 Å². The zero-order valence-electron chi connectivity index (χ0n) is 8.81. The molecule has 0 heterocycles. The molecule has 0 amide bonds. The highest BCUT2D eigenvalue weighted by atomic mass is 16.1. The van der Waals surface area contributed by atoms with Crippen LogP contribution in [0.3, 0.4) is 0 Å². The first-order chi connectivity index (χ1) is 6.22. The second-order valence-electron chi connectivity index (χ2n) is 3.10. The largest absolute Gasteiger partial charge is 0.316 e. The van der Waals surface area contributed by atoms with E-state index in [-0.39, 0.29) is 5.92 Å². The molecule has 0 aromatic rings. The fourth-order valence-electron chi connectivity index (χ4n) is 1.03. The monoisotopic (exact) mass is 181 g/mol. The maximum Gasteiger partial charge on any atom is 0.137 e. The average Bonchev–Trinajstić information content (AvgIpc) is 2.14. The van der Waals surface area contributed by atoms with E-state index in [1.54, 1.807) is 6.92 Å². The van der Waals surface area contributed by atoms with Gasteiger partial charge >= 0.3 is 0 Å². The van der Waals surface area contributed by atoms with E-state index in [1.807, 2.05) is 13.8 Å². The Kier molecular flexibility index (Phi) is 7.33. The van der Waals surface area contributed by atoms with Crippen LogP contribution in [-0.4, -0.2) is 18.9 Å². The van der Waals surface area contributed by atoms with Gasteiger partial charge in [-0.2, -0.15) is 0 Å². The minimum absolute atomic E-state index is 0.124. The molecule has 1 unspecified atom stereocenters. The number of nitrogens with one attached hydrogen (secondary N) is 1. The van der Waals surface area contributed by atoms with E-state index in [1.165, 1.54) is 0 Å². The molecule has 0 saturated carbocycles. The molecule has 0 saturated heterocycles. The van der Waals surface area contributed by atoms with Crippen molar-refractivity contribution in [3.8, 4) is 11.8 Å². The van der Waals surface area contributed by atoms with Crippen LogP contribution in [0.4, 0.5) is 0 Å². The van der Waals surface area contributed by atoms with Gasteiger partial charge < -0.3 is 5.32 Å². The molecule has 1 N–H and O–H groups in total. The lowest BCUT2D eigenvalue weighted by molar-refractivity contribution is -0.122. The lowest BCUT2D eigenvalue weighted by atomic mass is 10.0. The van der Waals surface area contributed by atoms with Crippen molar-refractivity contribution in [1.82, 2.24) is 5.32 Å². The van der Waals surface area contributed by atoms with E-state index < -0.39 is 0 Å². The standard InChI is InChI=1S/C11H19NO/c1-4-6-7-8-11(13)10(3)9-12-5-2/h10,12H,5,7-9H2,1-3H3. The number of ketones is 1. The summed E-state index contributed by atoms with van der Waals surface area (Å²) >= 11 is 0. The van der Waals surface area contributed by atoms with Crippen LogP contribution in [-0.2, 0) is 4.79 Å². The van der Waals surface area contributed by atoms with Crippen molar-refractivity contribution in [2.45, 2.75) is 33.6 Å². The van der Waals surface area contributed by atoms with Crippen LogP contribution < -0.4 is 5.32 Å². The highest BCUT2D eigenvalue weighted by Crippen LogP contribution is 2.01. The summed E-state index contributed by atoms with van der Waals surface area (Å²) in [5, 5.41) is 3.16. The van der Waals surface area contributed by atoms with Crippen molar-refractivity contribution < 1.29 is 4.79 Å². The van der Waals surface area contributed by atoms with Gasteiger partial charge in [-0.15, -0.1) is 11.8 Å². The fraction of sp³-hybridized carbons (Fsp3) is 0.727. The molecule has 0 radical (unpaired) electrons. The third kappa shape index (κ3) is 6.36. The van der Waals surface area contributed by atoms with E-state index in [2.05, 4.69) is 17.2 Å². The Morgan fingerprint density at radius 3 is 2.77 bits per heavy atom. The van der Waals surface area contributed by atoms with E-state index in [0.717, 1.165) is 13.1 Å². The first kappa shape index (κ1) is 12.2. The maximum atomic E-state index is 11.4. The highest BCUT2D eigenvalue weighted by molar-refractivity contribution is 5.81. The first-order valence-electron chi connectivity index (χ1n) is 4.85. The molecule has 74 valence electrons. The molecule has 0 fully saturated rings. The molecule has 0 aromatic heterocycles. The lowest BCUT2D eigenvalue weighted by Crippen LogP contribution is -2.26. The Hall–Kier alpha value is -0.810. The zero-order valence-corrected chi connectivity index (χ0v) is 8.81. The van der Waals surface area contributed by atoms with Crippen LogP contribution in [0, 0.1) is 17.8 Å². The Morgan fingerprint density at radius 2 is 2.23 bits per heavy atom. The number of hydrogen-bond acceptors (Lipinski definition) is 2. The maximum absolute atomic E-state index is 11.4. The number of carbonyl (C=O) groups excluding carboxylic acids is 1. The van der Waals surface area contributed by atoms with Gasteiger partial charge in [-0.3, -0.25) is 4.79 Å². The summed E-state index contributed by atoms with van der Waals surface area (Å²) in [6.07, 6.45) is 1.29. The first-order valence-corrected chi connectivity index (χ1v) is 4.85. The van der Waals surface area contributed by atoms with Crippen molar-refractivity contribution in [3.05, 3.63) is 0 Å². The van der Waals surface area contributed by atoms with Gasteiger partial charge in [-0.25, -0.2) is 0 Å². The van der Waals surface area contributed by atoms with Crippen molar-refractivity contribution in [3.63, 3.8) is 0 Å². The van der Waals surface area contributed by atoms with Crippen LogP contribution in [0.5, 0.6) is 0 Å². The van der Waals surface area contributed by atoms with E-state index >= 15 is 0 Å². The van der Waals surface area contributed by atoms with E-state index in [9.17, 15) is 4.79 Å². The van der Waals surface area contributed by atoms with Gasteiger partial charge in [0, 0.05) is 25.3 Å². The van der Waals surface area contributed by atoms with Crippen LogP contribution in [0.2, 0.25) is 0 Å². The molecule has 0 bridgehead atoms. The smallest absolute Gasteiger partial charge is 0.137 e. The predicted octanol–water partition coefficient (Wildman–Crippen LogP) is 1.60. The lowest BCUT2D eigenvalue weighted by Gasteiger charge is -2.09. The summed E-state index contributed by atoms with van der Waals surface area (Å²) in [5.74, 6) is 6.12. The topological polar surface area (TPSA) is 29.1 Å². The summed E-state index contributed by atoms with van der Waals surface area (Å²) in [5.41, 5.74) is 0. The third-order valence-corrected chi connectivity index (χ3v) is 1.92. The number of rotatable bonds is 6. The molecular weight excluding hydrogens is 162 g/mol. The average molecular weight is 181 g/mol. The second-order valence-corrected chi connectivity index (χ2v) is 3.10. The molecule has 0 rings (SSSR count). The van der Waals surface area contributed by atoms with Crippen molar-refractivity contribution in [1.29, 1.82) is 0 Å². The Balaban J connectivity index is 3.60. The normalized spacial score (nSPS) is 11.6. The molecule has 0 aliphatic heterocycles. The van der Waals surface area contributed by atoms with Gasteiger partial charge in [-0.1, -0.05) is 13.8 Å². The van der Waals surface area contributed by atoms with Gasteiger partial charge in [0.25, 0.3) is 0 Å². The van der Waals surface area contributed by atoms with Crippen LogP contribution in [0.25, 0.3) is 0 Å². The quantitative estimate of drug-likeness (QED) is 0.631. The summed E-state index contributed by atoms with van der Waals surface area (Å²) in [4.78, 5) is 11.4. The number of Topliss-reactive ketones (excluding diaryl/α,β-unsaturated/α-hetero) is 1. The summed E-state index contributed by atoms with van der Waals surface area (Å²) in [7, 11) is 0. The molecule has 0 spiro atoms. The van der Waals surface area contributed by atoms with Gasteiger partial charge in [0.05, 0.1) is 0 Å². The summed E-state index contributed by atoms with van der Waals surface area (Å²) in [6, 6.07) is 0. The Labute approximate surface area is 81.1 Å². The predicted molar refractivity (Wildman–Crippen MR) is 55.4 cm³/mol. The van der Waals surface area contributed by atoms with E-state index in [4.69, 9.17) is 0 Å². The molecule has 0 aliphatic rings. The summed E-state index contributed by atoms with van der Waals surface area (Å²) < 4.78 is 0. The zero-order chi connectivity index (χ0) is 10.1. The number of hydrogen-bond donors (Lipinski definition) is 1. The highest BCUT2D eigenvalue weighted by Gasteiger charge is 2.10. The Morgan fingerprint density at radius 1 is 1.54 bits per heavy atom. The minimum atomic E-state index is 0.124. The van der Waals surface area contributed by atoms with Gasteiger partial charge in [0.15, 0.2) is 0 Å². The molecule has 2 heteroatoms. The van der Waals surface area contributed by atoms with E-state index in [0.29, 0.717) is 18.6 Å². The van der Waals surface area contributed by atoms with Gasteiger partial charge in [-0.05, 0) is 13.5 Å². The molecule has 0 aromatic carbocycles. The van der Waals surface area contributed by atoms with Crippen LogP contribution >= 0.6 is 0 Å². The third-order valence-electron chi connectivity index (χ3n) is 1.92. The fourth-order valence-corrected chi connectivity index (χ4v) is 1.03.